The molecule has 0 saturated heterocycles. The zero-order valence-corrected chi connectivity index (χ0v) is 17.7. The van der Waals surface area contributed by atoms with E-state index in [0.717, 1.165) is 22.0 Å². The Morgan fingerprint density at radius 2 is 1.69 bits per heavy atom. The van der Waals surface area contributed by atoms with Crippen LogP contribution in [0.1, 0.15) is 17.5 Å². The van der Waals surface area contributed by atoms with E-state index in [1.807, 2.05) is 6.07 Å². The molecule has 0 unspecified atom stereocenters. The lowest BCUT2D eigenvalue weighted by atomic mass is 10.1. The van der Waals surface area contributed by atoms with Gasteiger partial charge in [-0.05, 0) is 48.7 Å². The number of methoxy groups -OCH3 is 2. The molecular formula is C19H21ClF3NO4S. The summed E-state index contributed by atoms with van der Waals surface area (Å²) < 4.78 is 76.5. The van der Waals surface area contributed by atoms with Gasteiger partial charge >= 0.3 is 6.18 Å². The third-order valence-electron chi connectivity index (χ3n) is 4.32. The van der Waals surface area contributed by atoms with Crippen LogP contribution < -0.4 is 9.47 Å². The van der Waals surface area contributed by atoms with E-state index in [2.05, 4.69) is 0 Å². The summed E-state index contributed by atoms with van der Waals surface area (Å²) in [7, 11) is -0.0653. The van der Waals surface area contributed by atoms with Crippen molar-refractivity contribution in [3.8, 4) is 11.5 Å². The second-order valence-electron chi connectivity index (χ2n) is 6.26. The van der Waals surface area contributed by atoms with Crippen LogP contribution in [0.5, 0.6) is 11.5 Å². The Hall–Kier alpha value is -1.97. The van der Waals surface area contributed by atoms with Crippen molar-refractivity contribution in [1.29, 1.82) is 0 Å². The van der Waals surface area contributed by atoms with E-state index < -0.39 is 26.7 Å². The van der Waals surface area contributed by atoms with Crippen LogP contribution >= 0.6 is 11.6 Å². The minimum Gasteiger partial charge on any atom is -0.493 e. The zero-order chi connectivity index (χ0) is 21.8. The molecule has 2 aromatic carbocycles. The first kappa shape index (κ1) is 23.3. The fourth-order valence-corrected chi connectivity index (χ4v) is 4.35. The van der Waals surface area contributed by atoms with Crippen LogP contribution in [0.25, 0.3) is 0 Å². The van der Waals surface area contributed by atoms with Crippen LogP contribution in [0.15, 0.2) is 41.3 Å². The summed E-state index contributed by atoms with van der Waals surface area (Å²) in [6.07, 6.45) is -3.93. The summed E-state index contributed by atoms with van der Waals surface area (Å²) in [5.41, 5.74) is -0.396. The van der Waals surface area contributed by atoms with E-state index >= 15 is 0 Å². The van der Waals surface area contributed by atoms with Crippen molar-refractivity contribution in [3.63, 3.8) is 0 Å². The number of hydrogen-bond acceptors (Lipinski definition) is 4. The molecule has 29 heavy (non-hydrogen) atoms. The van der Waals surface area contributed by atoms with Gasteiger partial charge in [0.25, 0.3) is 0 Å². The molecule has 0 aliphatic rings. The largest absolute Gasteiger partial charge is 0.493 e. The molecule has 0 bridgehead atoms. The van der Waals surface area contributed by atoms with Crippen LogP contribution in [0.2, 0.25) is 5.02 Å². The van der Waals surface area contributed by atoms with Crippen molar-refractivity contribution in [2.75, 3.05) is 27.8 Å². The van der Waals surface area contributed by atoms with Crippen LogP contribution in [-0.4, -0.2) is 40.5 Å². The third-order valence-corrected chi connectivity index (χ3v) is 6.47. The molecule has 0 aliphatic carbocycles. The Labute approximate surface area is 173 Å². The number of benzene rings is 2. The van der Waals surface area contributed by atoms with Gasteiger partial charge in [0.2, 0.25) is 10.0 Å². The molecular weight excluding hydrogens is 431 g/mol. The standard InChI is InChI=1S/C19H21ClF3NO4S/c1-24(10-4-5-13-6-8-16(27-2)17(11-13)28-3)29(25,26)18-9-7-14(20)12-15(18)19(21,22)23/h6-9,11-12H,4-5,10H2,1-3H3. The van der Waals surface area contributed by atoms with Crippen LogP contribution in [0, 0.1) is 0 Å². The maximum Gasteiger partial charge on any atom is 0.417 e. The van der Waals surface area contributed by atoms with E-state index in [1.54, 1.807) is 12.1 Å². The second kappa shape index (κ2) is 9.23. The molecule has 0 atom stereocenters. The Bertz CT molecular complexity index is 964. The van der Waals surface area contributed by atoms with Crippen LogP contribution in [0.3, 0.4) is 0 Å². The average Bonchev–Trinajstić information content (AvgIpc) is 2.66. The van der Waals surface area contributed by atoms with Crippen molar-refractivity contribution >= 4 is 21.6 Å². The minimum atomic E-state index is -4.84. The van der Waals surface area contributed by atoms with Crippen molar-refractivity contribution in [1.82, 2.24) is 4.31 Å². The fraction of sp³-hybridized carbons (Fsp3) is 0.368. The SMILES string of the molecule is COc1ccc(CCCN(C)S(=O)(=O)c2ccc(Cl)cc2C(F)(F)F)cc1OC. The highest BCUT2D eigenvalue weighted by Gasteiger charge is 2.38. The molecule has 5 nitrogen and oxygen atoms in total. The Kier molecular flexibility index (Phi) is 7.42. The molecule has 0 fully saturated rings. The number of ether oxygens (including phenoxy) is 2. The van der Waals surface area contributed by atoms with Gasteiger partial charge in [0.1, 0.15) is 0 Å². The zero-order valence-electron chi connectivity index (χ0n) is 16.1. The molecule has 0 aliphatic heterocycles. The second-order valence-corrected chi connectivity index (χ2v) is 8.71. The summed E-state index contributed by atoms with van der Waals surface area (Å²) in [6, 6.07) is 7.95. The summed E-state index contributed by atoms with van der Waals surface area (Å²) in [5.74, 6) is 1.11. The first-order chi connectivity index (χ1) is 13.5. The van der Waals surface area contributed by atoms with Crippen molar-refractivity contribution < 1.29 is 31.1 Å². The number of alkyl halides is 3. The summed E-state index contributed by atoms with van der Waals surface area (Å²) in [6.45, 7) is 0.0383. The number of rotatable bonds is 8. The monoisotopic (exact) mass is 451 g/mol. The molecule has 0 amide bonds. The van der Waals surface area contributed by atoms with E-state index in [-0.39, 0.29) is 11.6 Å². The highest BCUT2D eigenvalue weighted by Crippen LogP contribution is 2.36. The topological polar surface area (TPSA) is 55.8 Å². The van der Waals surface area contributed by atoms with Gasteiger partial charge in [-0.15, -0.1) is 0 Å². The van der Waals surface area contributed by atoms with Gasteiger partial charge in [-0.3, -0.25) is 0 Å². The smallest absolute Gasteiger partial charge is 0.417 e. The van der Waals surface area contributed by atoms with Gasteiger partial charge in [-0.25, -0.2) is 12.7 Å². The van der Waals surface area contributed by atoms with Crippen LogP contribution in [0.4, 0.5) is 13.2 Å². The number of aryl methyl sites for hydroxylation is 1. The quantitative estimate of drug-likeness (QED) is 0.587. The van der Waals surface area contributed by atoms with Gasteiger partial charge in [-0.2, -0.15) is 13.2 Å². The van der Waals surface area contributed by atoms with Crippen molar-refractivity contribution in [3.05, 3.63) is 52.5 Å². The van der Waals surface area contributed by atoms with Crippen LogP contribution in [-0.2, 0) is 22.6 Å². The lowest BCUT2D eigenvalue weighted by Crippen LogP contribution is -2.30. The molecule has 0 heterocycles. The molecule has 2 rings (SSSR count). The highest BCUT2D eigenvalue weighted by atomic mass is 35.5. The number of hydrogen-bond donors (Lipinski definition) is 0. The third kappa shape index (κ3) is 5.55. The number of halogens is 4. The molecule has 0 spiro atoms. The van der Waals surface area contributed by atoms with Gasteiger partial charge in [0.05, 0.1) is 24.7 Å². The van der Waals surface area contributed by atoms with Crippen molar-refractivity contribution in [2.45, 2.75) is 23.9 Å². The summed E-state index contributed by atoms with van der Waals surface area (Å²) in [5, 5.41) is -0.188. The maximum absolute atomic E-state index is 13.3. The first-order valence-electron chi connectivity index (χ1n) is 8.54. The normalized spacial score (nSPS) is 12.3. The molecule has 0 radical (unpaired) electrons. The molecule has 0 aromatic heterocycles. The van der Waals surface area contributed by atoms with Gasteiger partial charge < -0.3 is 9.47 Å². The molecule has 10 heteroatoms. The van der Waals surface area contributed by atoms with E-state index in [1.165, 1.54) is 21.3 Å². The number of nitrogens with zero attached hydrogens (tertiary/aromatic N) is 1. The molecule has 2 aromatic rings. The molecule has 160 valence electrons. The van der Waals surface area contributed by atoms with Gasteiger partial charge in [0, 0.05) is 18.6 Å². The predicted octanol–water partition coefficient (Wildman–Crippen LogP) is 4.63. The lowest BCUT2D eigenvalue weighted by molar-refractivity contribution is -0.139. The van der Waals surface area contributed by atoms with E-state index in [0.29, 0.717) is 30.4 Å². The van der Waals surface area contributed by atoms with Crippen molar-refractivity contribution in [2.24, 2.45) is 0 Å². The summed E-state index contributed by atoms with van der Waals surface area (Å²) in [4.78, 5) is -0.817. The Morgan fingerprint density at radius 3 is 2.28 bits per heavy atom. The minimum absolute atomic E-state index is 0.0383. The lowest BCUT2D eigenvalue weighted by Gasteiger charge is -2.20. The average molecular weight is 452 g/mol. The Balaban J connectivity index is 2.14. The van der Waals surface area contributed by atoms with Gasteiger partial charge in [-0.1, -0.05) is 17.7 Å². The van der Waals surface area contributed by atoms with E-state index in [9.17, 15) is 21.6 Å². The fourth-order valence-electron chi connectivity index (χ4n) is 2.78. The van der Waals surface area contributed by atoms with E-state index in [4.69, 9.17) is 21.1 Å². The molecule has 0 saturated carbocycles. The molecule has 0 N–H and O–H groups in total. The van der Waals surface area contributed by atoms with Gasteiger partial charge in [0.15, 0.2) is 11.5 Å². The predicted molar refractivity (Wildman–Crippen MR) is 104 cm³/mol. The highest BCUT2D eigenvalue weighted by molar-refractivity contribution is 7.89. The summed E-state index contributed by atoms with van der Waals surface area (Å²) >= 11 is 5.62. The maximum atomic E-state index is 13.3. The number of sulfonamides is 1. The Morgan fingerprint density at radius 1 is 1.03 bits per heavy atom. The first-order valence-corrected chi connectivity index (χ1v) is 10.4.